The van der Waals surface area contributed by atoms with Crippen LogP contribution in [0, 0.1) is 18.3 Å². The summed E-state index contributed by atoms with van der Waals surface area (Å²) in [6.07, 6.45) is 8.74. The van der Waals surface area contributed by atoms with Gasteiger partial charge in [-0.15, -0.1) is 0 Å². The molecule has 1 fully saturated rings. The van der Waals surface area contributed by atoms with Crippen LogP contribution in [0.5, 0.6) is 0 Å². The number of rotatable bonds is 4. The Morgan fingerprint density at radius 2 is 2.16 bits per heavy atom. The van der Waals surface area contributed by atoms with Crippen LogP contribution in [-0.2, 0) is 0 Å². The van der Waals surface area contributed by atoms with Crippen molar-refractivity contribution >= 4 is 0 Å². The predicted molar refractivity (Wildman–Crippen MR) is 77.7 cm³/mol. The number of nitrogens with two attached hydrogens (primary N) is 1. The highest BCUT2D eigenvalue weighted by Crippen LogP contribution is 2.47. The fraction of sp³-hybridized carbons (Fsp3) is 0.688. The SMILES string of the molecule is CCC1CCC(CN)(C(O)c2cnccc2C)CC1. The number of aromatic nitrogens is 1. The monoisotopic (exact) mass is 262 g/mol. The molecule has 1 aromatic heterocycles. The van der Waals surface area contributed by atoms with Crippen LogP contribution in [-0.4, -0.2) is 16.6 Å². The van der Waals surface area contributed by atoms with Crippen molar-refractivity contribution in [1.29, 1.82) is 0 Å². The molecule has 1 unspecified atom stereocenters. The number of aliphatic hydroxyl groups is 1. The molecule has 19 heavy (non-hydrogen) atoms. The minimum absolute atomic E-state index is 0.153. The minimum atomic E-state index is -0.482. The zero-order chi connectivity index (χ0) is 13.9. The molecule has 2 rings (SSSR count). The van der Waals surface area contributed by atoms with Gasteiger partial charge in [0.15, 0.2) is 0 Å². The van der Waals surface area contributed by atoms with E-state index in [1.54, 1.807) is 12.4 Å². The van der Waals surface area contributed by atoms with Crippen LogP contribution in [0.2, 0.25) is 0 Å². The number of hydrogen-bond acceptors (Lipinski definition) is 3. The van der Waals surface area contributed by atoms with Crippen LogP contribution < -0.4 is 5.73 Å². The molecule has 0 amide bonds. The molecule has 1 aliphatic rings. The maximum atomic E-state index is 10.8. The van der Waals surface area contributed by atoms with Crippen molar-refractivity contribution in [2.45, 2.75) is 52.1 Å². The van der Waals surface area contributed by atoms with Crippen molar-refractivity contribution in [2.24, 2.45) is 17.1 Å². The molecule has 1 heterocycles. The lowest BCUT2D eigenvalue weighted by Gasteiger charge is -2.43. The number of aliphatic hydroxyl groups excluding tert-OH is 1. The molecule has 1 aliphatic carbocycles. The minimum Gasteiger partial charge on any atom is -0.388 e. The van der Waals surface area contributed by atoms with E-state index in [1.165, 1.54) is 19.3 Å². The van der Waals surface area contributed by atoms with Gasteiger partial charge in [0, 0.05) is 29.9 Å². The number of hydrogen-bond donors (Lipinski definition) is 2. The first-order chi connectivity index (χ1) is 9.13. The summed E-state index contributed by atoms with van der Waals surface area (Å²) in [4.78, 5) is 4.16. The van der Waals surface area contributed by atoms with Crippen molar-refractivity contribution in [2.75, 3.05) is 6.54 Å². The summed E-state index contributed by atoms with van der Waals surface area (Å²) >= 11 is 0. The Bertz CT molecular complexity index is 411. The Hall–Kier alpha value is -0.930. The maximum absolute atomic E-state index is 10.8. The van der Waals surface area contributed by atoms with Gasteiger partial charge in [-0.3, -0.25) is 4.98 Å². The summed E-state index contributed by atoms with van der Waals surface area (Å²) in [5.74, 6) is 0.807. The summed E-state index contributed by atoms with van der Waals surface area (Å²) in [6, 6.07) is 1.96. The average Bonchev–Trinajstić information content (AvgIpc) is 2.47. The molecular formula is C16H26N2O. The van der Waals surface area contributed by atoms with E-state index in [0.29, 0.717) is 6.54 Å². The third-order valence-corrected chi connectivity index (χ3v) is 5.04. The first-order valence-corrected chi connectivity index (χ1v) is 7.41. The molecule has 0 saturated heterocycles. The highest BCUT2D eigenvalue weighted by molar-refractivity contribution is 5.26. The van der Waals surface area contributed by atoms with Crippen molar-refractivity contribution in [1.82, 2.24) is 4.98 Å². The Labute approximate surface area is 116 Å². The summed E-state index contributed by atoms with van der Waals surface area (Å²) < 4.78 is 0. The molecule has 106 valence electrons. The first-order valence-electron chi connectivity index (χ1n) is 7.41. The van der Waals surface area contributed by atoms with Crippen LogP contribution in [0.3, 0.4) is 0 Å². The quantitative estimate of drug-likeness (QED) is 0.877. The summed E-state index contributed by atoms with van der Waals surface area (Å²) in [5, 5.41) is 10.8. The largest absolute Gasteiger partial charge is 0.388 e. The maximum Gasteiger partial charge on any atom is 0.0875 e. The molecule has 0 bridgehead atoms. The standard InChI is InChI=1S/C16H26N2O/c1-3-13-4-7-16(11-17,8-5-13)15(19)14-10-18-9-6-12(14)2/h6,9-10,13,15,19H,3-5,7-8,11,17H2,1-2H3. The van der Waals surface area contributed by atoms with Crippen molar-refractivity contribution in [3.05, 3.63) is 29.6 Å². The molecule has 1 atom stereocenters. The molecule has 3 nitrogen and oxygen atoms in total. The van der Waals surface area contributed by atoms with Crippen molar-refractivity contribution in [3.8, 4) is 0 Å². The lowest BCUT2D eigenvalue weighted by atomic mass is 9.65. The van der Waals surface area contributed by atoms with Gasteiger partial charge in [-0.1, -0.05) is 13.3 Å². The summed E-state index contributed by atoms with van der Waals surface area (Å²) in [5.41, 5.74) is 7.93. The van der Waals surface area contributed by atoms with Crippen molar-refractivity contribution in [3.63, 3.8) is 0 Å². The van der Waals surface area contributed by atoms with Gasteiger partial charge in [-0.05, 0) is 50.2 Å². The molecule has 3 N–H and O–H groups in total. The number of pyridine rings is 1. The van der Waals surface area contributed by atoms with Gasteiger partial charge in [-0.2, -0.15) is 0 Å². The van der Waals surface area contributed by atoms with Gasteiger partial charge in [0.2, 0.25) is 0 Å². The lowest BCUT2D eigenvalue weighted by Crippen LogP contribution is -2.40. The van der Waals surface area contributed by atoms with Crippen LogP contribution in [0.25, 0.3) is 0 Å². The molecular weight excluding hydrogens is 236 g/mol. The molecule has 3 heteroatoms. The van der Waals surface area contributed by atoms with Gasteiger partial charge >= 0.3 is 0 Å². The van der Waals surface area contributed by atoms with Crippen LogP contribution in [0.15, 0.2) is 18.5 Å². The van der Waals surface area contributed by atoms with E-state index in [4.69, 9.17) is 5.73 Å². The smallest absolute Gasteiger partial charge is 0.0875 e. The van der Waals surface area contributed by atoms with Crippen LogP contribution >= 0.6 is 0 Å². The molecule has 0 aliphatic heterocycles. The topological polar surface area (TPSA) is 59.1 Å². The van der Waals surface area contributed by atoms with E-state index < -0.39 is 6.10 Å². The fourth-order valence-corrected chi connectivity index (χ4v) is 3.34. The second-order valence-corrected chi connectivity index (χ2v) is 6.05. The van der Waals surface area contributed by atoms with Gasteiger partial charge in [0.1, 0.15) is 0 Å². The molecule has 0 spiro atoms. The molecule has 1 saturated carbocycles. The highest BCUT2D eigenvalue weighted by atomic mass is 16.3. The van der Waals surface area contributed by atoms with Crippen LogP contribution in [0.4, 0.5) is 0 Å². The number of aryl methyl sites for hydroxylation is 1. The van der Waals surface area contributed by atoms with Crippen LogP contribution in [0.1, 0.15) is 56.3 Å². The third kappa shape index (κ3) is 2.82. The normalized spacial score (nSPS) is 29.2. The van der Waals surface area contributed by atoms with E-state index in [9.17, 15) is 5.11 Å². The van der Waals surface area contributed by atoms with Gasteiger partial charge in [0.05, 0.1) is 6.10 Å². The van der Waals surface area contributed by atoms with Gasteiger partial charge in [0.25, 0.3) is 0 Å². The fourth-order valence-electron chi connectivity index (χ4n) is 3.34. The first kappa shape index (κ1) is 14.5. The number of nitrogens with zero attached hydrogens (tertiary/aromatic N) is 1. The summed E-state index contributed by atoms with van der Waals surface area (Å²) in [6.45, 7) is 4.84. The highest BCUT2D eigenvalue weighted by Gasteiger charge is 2.41. The van der Waals surface area contributed by atoms with E-state index in [-0.39, 0.29) is 5.41 Å². The molecule has 1 aromatic rings. The Morgan fingerprint density at radius 3 is 2.68 bits per heavy atom. The molecule has 0 radical (unpaired) electrons. The van der Waals surface area contributed by atoms with E-state index in [0.717, 1.165) is 29.9 Å². The van der Waals surface area contributed by atoms with Gasteiger partial charge in [-0.25, -0.2) is 0 Å². The van der Waals surface area contributed by atoms with E-state index in [1.807, 2.05) is 13.0 Å². The zero-order valence-corrected chi connectivity index (χ0v) is 12.1. The molecule has 0 aromatic carbocycles. The second kappa shape index (κ2) is 6.02. The Morgan fingerprint density at radius 1 is 1.47 bits per heavy atom. The second-order valence-electron chi connectivity index (χ2n) is 6.05. The zero-order valence-electron chi connectivity index (χ0n) is 12.1. The van der Waals surface area contributed by atoms with E-state index >= 15 is 0 Å². The lowest BCUT2D eigenvalue weighted by molar-refractivity contribution is -0.0109. The summed E-state index contributed by atoms with van der Waals surface area (Å²) in [7, 11) is 0. The third-order valence-electron chi connectivity index (χ3n) is 5.04. The van der Waals surface area contributed by atoms with E-state index in [2.05, 4.69) is 11.9 Å². The predicted octanol–water partition coefficient (Wildman–Crippen LogP) is 2.97. The Balaban J connectivity index is 2.20. The van der Waals surface area contributed by atoms with Gasteiger partial charge < -0.3 is 10.8 Å². The van der Waals surface area contributed by atoms with Crippen molar-refractivity contribution < 1.29 is 5.11 Å². The Kier molecular flexibility index (Phi) is 4.58. The average molecular weight is 262 g/mol.